The summed E-state index contributed by atoms with van der Waals surface area (Å²) in [6.07, 6.45) is 2.95. The Labute approximate surface area is 169 Å². The van der Waals surface area contributed by atoms with E-state index in [1.54, 1.807) is 27.7 Å². The van der Waals surface area contributed by atoms with Crippen molar-refractivity contribution in [2.24, 2.45) is 0 Å². The van der Waals surface area contributed by atoms with Gasteiger partial charge in [-0.1, -0.05) is 6.07 Å². The minimum atomic E-state index is -0.696. The van der Waals surface area contributed by atoms with Crippen LogP contribution in [-0.2, 0) is 27.1 Å². The standard InChI is InChI=1S/C22H26N2O5/c1-12(2)29-21(26)19-13(3)20(23-14(19)4)22(27)28-11-18(25)24-17-9-8-15-6-5-7-16(15)10-17/h8-10,12,23H,5-7,11H2,1-4H3,(H,24,25). The highest BCUT2D eigenvalue weighted by atomic mass is 16.5. The fourth-order valence-electron chi connectivity index (χ4n) is 3.58. The van der Waals surface area contributed by atoms with Gasteiger partial charge in [0.1, 0.15) is 5.69 Å². The number of aromatic nitrogens is 1. The molecule has 1 aromatic carbocycles. The van der Waals surface area contributed by atoms with Crippen molar-refractivity contribution in [2.45, 2.75) is 53.1 Å². The molecule has 0 unspecified atom stereocenters. The number of anilines is 1. The molecule has 0 atom stereocenters. The molecule has 2 N–H and O–H groups in total. The molecule has 3 rings (SSSR count). The fraction of sp³-hybridized carbons (Fsp3) is 0.409. The number of hydrogen-bond acceptors (Lipinski definition) is 5. The number of carbonyl (C=O) groups excluding carboxylic acids is 3. The van der Waals surface area contributed by atoms with Gasteiger partial charge in [-0.05, 0) is 75.8 Å². The Hall–Kier alpha value is -3.09. The molecule has 0 fully saturated rings. The second-order valence-electron chi connectivity index (χ2n) is 7.54. The molecule has 0 bridgehead atoms. The van der Waals surface area contributed by atoms with Crippen molar-refractivity contribution in [1.29, 1.82) is 0 Å². The number of fused-ring (bicyclic) bond motifs is 1. The normalized spacial score (nSPS) is 12.6. The molecular weight excluding hydrogens is 372 g/mol. The SMILES string of the molecule is Cc1[nH]c(C(=O)OCC(=O)Nc2ccc3c(c2)CCC3)c(C)c1C(=O)OC(C)C. The van der Waals surface area contributed by atoms with E-state index in [0.29, 0.717) is 22.5 Å². The minimum Gasteiger partial charge on any atom is -0.459 e. The maximum absolute atomic E-state index is 12.4. The third-order valence-electron chi connectivity index (χ3n) is 4.91. The van der Waals surface area contributed by atoms with E-state index < -0.39 is 24.5 Å². The fourth-order valence-corrected chi connectivity index (χ4v) is 3.58. The molecule has 1 amide bonds. The monoisotopic (exact) mass is 398 g/mol. The van der Waals surface area contributed by atoms with Gasteiger partial charge in [0.05, 0.1) is 11.7 Å². The summed E-state index contributed by atoms with van der Waals surface area (Å²) in [5, 5.41) is 2.75. The van der Waals surface area contributed by atoms with Crippen molar-refractivity contribution in [2.75, 3.05) is 11.9 Å². The number of rotatable bonds is 6. The Balaban J connectivity index is 1.60. The summed E-state index contributed by atoms with van der Waals surface area (Å²) in [4.78, 5) is 39.6. The van der Waals surface area contributed by atoms with E-state index in [-0.39, 0.29) is 11.8 Å². The molecular formula is C22H26N2O5. The molecule has 7 heteroatoms. The number of esters is 2. The second-order valence-corrected chi connectivity index (χ2v) is 7.54. The van der Waals surface area contributed by atoms with Gasteiger partial charge in [0.25, 0.3) is 5.91 Å². The van der Waals surface area contributed by atoms with Gasteiger partial charge in [-0.15, -0.1) is 0 Å². The topological polar surface area (TPSA) is 97.5 Å². The van der Waals surface area contributed by atoms with Crippen molar-refractivity contribution < 1.29 is 23.9 Å². The van der Waals surface area contributed by atoms with Crippen LogP contribution < -0.4 is 5.32 Å². The van der Waals surface area contributed by atoms with Crippen molar-refractivity contribution in [3.63, 3.8) is 0 Å². The molecule has 1 aliphatic carbocycles. The van der Waals surface area contributed by atoms with Crippen LogP contribution in [0.2, 0.25) is 0 Å². The van der Waals surface area contributed by atoms with E-state index >= 15 is 0 Å². The predicted molar refractivity (Wildman–Crippen MR) is 108 cm³/mol. The van der Waals surface area contributed by atoms with E-state index in [1.807, 2.05) is 18.2 Å². The Bertz CT molecular complexity index is 958. The first-order valence-electron chi connectivity index (χ1n) is 9.75. The number of ether oxygens (including phenoxy) is 2. The number of hydrogen-bond donors (Lipinski definition) is 2. The lowest BCUT2D eigenvalue weighted by Gasteiger charge is -2.09. The highest BCUT2D eigenvalue weighted by Gasteiger charge is 2.25. The molecule has 29 heavy (non-hydrogen) atoms. The van der Waals surface area contributed by atoms with E-state index in [1.165, 1.54) is 11.1 Å². The Kier molecular flexibility index (Phi) is 6.06. The highest BCUT2D eigenvalue weighted by Crippen LogP contribution is 2.25. The Morgan fingerprint density at radius 3 is 2.55 bits per heavy atom. The van der Waals surface area contributed by atoms with Gasteiger partial charge in [-0.2, -0.15) is 0 Å². The van der Waals surface area contributed by atoms with Crippen LogP contribution in [0.15, 0.2) is 18.2 Å². The zero-order chi connectivity index (χ0) is 21.1. The maximum atomic E-state index is 12.4. The van der Waals surface area contributed by atoms with Gasteiger partial charge in [0.15, 0.2) is 6.61 Å². The summed E-state index contributed by atoms with van der Waals surface area (Å²) in [7, 11) is 0. The van der Waals surface area contributed by atoms with E-state index in [9.17, 15) is 14.4 Å². The van der Waals surface area contributed by atoms with E-state index in [2.05, 4.69) is 10.3 Å². The molecule has 2 aromatic rings. The van der Waals surface area contributed by atoms with Crippen LogP contribution in [0.1, 0.15) is 63.5 Å². The van der Waals surface area contributed by atoms with Crippen molar-refractivity contribution in [3.05, 3.63) is 51.8 Å². The molecule has 0 radical (unpaired) electrons. The molecule has 0 saturated carbocycles. The maximum Gasteiger partial charge on any atom is 0.355 e. The summed E-state index contributed by atoms with van der Waals surface area (Å²) in [6.45, 7) is 6.41. The highest BCUT2D eigenvalue weighted by molar-refractivity contribution is 6.00. The molecule has 0 saturated heterocycles. The lowest BCUT2D eigenvalue weighted by Crippen LogP contribution is -2.21. The van der Waals surface area contributed by atoms with Crippen LogP contribution in [-0.4, -0.2) is 35.5 Å². The number of nitrogens with one attached hydrogen (secondary N) is 2. The summed E-state index contributed by atoms with van der Waals surface area (Å²) < 4.78 is 10.3. The molecule has 0 aliphatic heterocycles. The third kappa shape index (κ3) is 4.67. The van der Waals surface area contributed by atoms with Gasteiger partial charge in [0, 0.05) is 11.4 Å². The average molecular weight is 398 g/mol. The number of benzene rings is 1. The zero-order valence-corrected chi connectivity index (χ0v) is 17.2. The molecule has 7 nitrogen and oxygen atoms in total. The van der Waals surface area contributed by atoms with Crippen LogP contribution in [0.5, 0.6) is 0 Å². The van der Waals surface area contributed by atoms with Gasteiger partial charge in [0.2, 0.25) is 0 Å². The van der Waals surface area contributed by atoms with Gasteiger partial charge in [-0.25, -0.2) is 9.59 Å². The van der Waals surface area contributed by atoms with Crippen molar-refractivity contribution in [3.8, 4) is 0 Å². The summed E-state index contributed by atoms with van der Waals surface area (Å²) >= 11 is 0. The number of amides is 1. The number of aromatic amines is 1. The van der Waals surface area contributed by atoms with Gasteiger partial charge < -0.3 is 19.8 Å². The van der Waals surface area contributed by atoms with E-state index in [0.717, 1.165) is 19.3 Å². The van der Waals surface area contributed by atoms with Crippen LogP contribution in [0, 0.1) is 13.8 Å². The quantitative estimate of drug-likeness (QED) is 0.726. The van der Waals surface area contributed by atoms with Crippen LogP contribution in [0.4, 0.5) is 5.69 Å². The first-order valence-corrected chi connectivity index (χ1v) is 9.75. The Morgan fingerprint density at radius 2 is 1.83 bits per heavy atom. The van der Waals surface area contributed by atoms with Crippen molar-refractivity contribution >= 4 is 23.5 Å². The minimum absolute atomic E-state index is 0.142. The average Bonchev–Trinajstić information content (AvgIpc) is 3.22. The lowest BCUT2D eigenvalue weighted by atomic mass is 10.1. The lowest BCUT2D eigenvalue weighted by molar-refractivity contribution is -0.119. The molecule has 1 heterocycles. The number of aryl methyl sites for hydroxylation is 3. The second kappa shape index (κ2) is 8.51. The molecule has 1 aliphatic rings. The van der Waals surface area contributed by atoms with Gasteiger partial charge >= 0.3 is 11.9 Å². The van der Waals surface area contributed by atoms with Crippen LogP contribution >= 0.6 is 0 Å². The number of carbonyl (C=O) groups is 3. The first-order chi connectivity index (χ1) is 13.8. The molecule has 154 valence electrons. The van der Waals surface area contributed by atoms with Crippen LogP contribution in [0.25, 0.3) is 0 Å². The van der Waals surface area contributed by atoms with E-state index in [4.69, 9.17) is 9.47 Å². The van der Waals surface area contributed by atoms with Crippen LogP contribution in [0.3, 0.4) is 0 Å². The predicted octanol–water partition coefficient (Wildman–Crippen LogP) is 3.48. The molecule has 0 spiro atoms. The van der Waals surface area contributed by atoms with Gasteiger partial charge in [-0.3, -0.25) is 4.79 Å². The first kappa shape index (κ1) is 20.6. The summed E-state index contributed by atoms with van der Waals surface area (Å²) in [5.74, 6) is -1.62. The summed E-state index contributed by atoms with van der Waals surface area (Å²) in [5.41, 5.74) is 4.67. The van der Waals surface area contributed by atoms with Crippen molar-refractivity contribution in [1.82, 2.24) is 4.98 Å². The Morgan fingerprint density at radius 1 is 1.10 bits per heavy atom. The molecule has 1 aromatic heterocycles. The zero-order valence-electron chi connectivity index (χ0n) is 17.2. The number of H-pyrrole nitrogens is 1. The third-order valence-corrected chi connectivity index (χ3v) is 4.91. The largest absolute Gasteiger partial charge is 0.459 e. The summed E-state index contributed by atoms with van der Waals surface area (Å²) in [6, 6.07) is 5.84. The smallest absolute Gasteiger partial charge is 0.355 e.